The minimum absolute atomic E-state index is 0.0284. The van der Waals surface area contributed by atoms with Crippen molar-refractivity contribution in [2.45, 2.75) is 18.9 Å². The standard InChI is InChI=1S/C12H16ClNO/c13-11-4-2-1-3-10(11)12(8-15)14-7-9-5-6-9/h1-4,9,12,14-15H,5-8H2. The summed E-state index contributed by atoms with van der Waals surface area (Å²) in [6.45, 7) is 1.08. The van der Waals surface area contributed by atoms with Gasteiger partial charge in [0.1, 0.15) is 0 Å². The number of nitrogens with one attached hydrogen (secondary N) is 1. The van der Waals surface area contributed by atoms with E-state index in [0.29, 0.717) is 0 Å². The topological polar surface area (TPSA) is 32.3 Å². The Morgan fingerprint density at radius 2 is 2.13 bits per heavy atom. The SMILES string of the molecule is OCC(NCC1CC1)c1ccccc1Cl. The second-order valence-electron chi connectivity index (χ2n) is 4.11. The average molecular weight is 226 g/mol. The minimum Gasteiger partial charge on any atom is -0.394 e. The first kappa shape index (κ1) is 10.9. The van der Waals surface area contributed by atoms with Crippen LogP contribution >= 0.6 is 11.6 Å². The number of aliphatic hydroxyl groups excluding tert-OH is 1. The van der Waals surface area contributed by atoms with Gasteiger partial charge in [-0.25, -0.2) is 0 Å². The van der Waals surface area contributed by atoms with E-state index < -0.39 is 0 Å². The lowest BCUT2D eigenvalue weighted by Gasteiger charge is -2.17. The fourth-order valence-electron chi connectivity index (χ4n) is 1.66. The predicted octanol–water partition coefficient (Wildman–Crippen LogP) is 2.37. The van der Waals surface area contributed by atoms with E-state index in [1.807, 2.05) is 24.3 Å². The van der Waals surface area contributed by atoms with E-state index in [0.717, 1.165) is 23.0 Å². The second kappa shape index (κ2) is 4.97. The molecule has 0 aliphatic heterocycles. The van der Waals surface area contributed by atoms with Gasteiger partial charge < -0.3 is 10.4 Å². The third-order valence-corrected chi connectivity index (χ3v) is 3.16. The van der Waals surface area contributed by atoms with E-state index in [1.54, 1.807) is 0 Å². The lowest BCUT2D eigenvalue weighted by Crippen LogP contribution is -2.26. The lowest BCUT2D eigenvalue weighted by molar-refractivity contribution is 0.243. The monoisotopic (exact) mass is 225 g/mol. The maximum atomic E-state index is 9.32. The molecule has 0 spiro atoms. The zero-order valence-corrected chi connectivity index (χ0v) is 9.37. The van der Waals surface area contributed by atoms with Gasteiger partial charge in [0.2, 0.25) is 0 Å². The quantitative estimate of drug-likeness (QED) is 0.807. The van der Waals surface area contributed by atoms with Crippen molar-refractivity contribution in [3.05, 3.63) is 34.9 Å². The second-order valence-corrected chi connectivity index (χ2v) is 4.52. The Kier molecular flexibility index (Phi) is 3.62. The normalized spacial score (nSPS) is 17.7. The van der Waals surface area contributed by atoms with Crippen molar-refractivity contribution in [3.8, 4) is 0 Å². The average Bonchev–Trinajstić information content (AvgIpc) is 3.05. The van der Waals surface area contributed by atoms with Gasteiger partial charge in [0.05, 0.1) is 12.6 Å². The van der Waals surface area contributed by atoms with Crippen molar-refractivity contribution in [1.82, 2.24) is 5.32 Å². The summed E-state index contributed by atoms with van der Waals surface area (Å²) in [5.74, 6) is 0.807. The van der Waals surface area contributed by atoms with Crippen LogP contribution in [0.15, 0.2) is 24.3 Å². The molecular weight excluding hydrogens is 210 g/mol. The molecule has 0 aromatic heterocycles. The molecule has 1 aromatic carbocycles. The first-order valence-electron chi connectivity index (χ1n) is 5.40. The molecule has 1 aliphatic rings. The number of hydrogen-bond donors (Lipinski definition) is 2. The number of halogens is 1. The van der Waals surface area contributed by atoms with Crippen molar-refractivity contribution in [3.63, 3.8) is 0 Å². The summed E-state index contributed by atoms with van der Waals surface area (Å²) in [5, 5.41) is 13.4. The molecule has 0 heterocycles. The Bertz CT molecular complexity index is 325. The minimum atomic E-state index is -0.0284. The maximum Gasteiger partial charge on any atom is 0.0627 e. The van der Waals surface area contributed by atoms with E-state index >= 15 is 0 Å². The molecule has 2 rings (SSSR count). The highest BCUT2D eigenvalue weighted by atomic mass is 35.5. The molecule has 1 aliphatic carbocycles. The zero-order valence-electron chi connectivity index (χ0n) is 8.62. The fraction of sp³-hybridized carbons (Fsp3) is 0.500. The molecule has 0 saturated heterocycles. The molecule has 1 atom stereocenters. The van der Waals surface area contributed by atoms with Gasteiger partial charge in [-0.15, -0.1) is 0 Å². The summed E-state index contributed by atoms with van der Waals surface area (Å²) in [7, 11) is 0. The lowest BCUT2D eigenvalue weighted by atomic mass is 10.1. The van der Waals surface area contributed by atoms with E-state index in [2.05, 4.69) is 5.32 Å². The van der Waals surface area contributed by atoms with Gasteiger partial charge in [-0.05, 0) is 36.9 Å². The van der Waals surface area contributed by atoms with Crippen LogP contribution in [0.1, 0.15) is 24.4 Å². The van der Waals surface area contributed by atoms with Gasteiger partial charge in [0.25, 0.3) is 0 Å². The van der Waals surface area contributed by atoms with Crippen molar-refractivity contribution < 1.29 is 5.11 Å². The van der Waals surface area contributed by atoms with Crippen LogP contribution in [-0.4, -0.2) is 18.3 Å². The third-order valence-electron chi connectivity index (χ3n) is 2.81. The highest BCUT2D eigenvalue weighted by molar-refractivity contribution is 6.31. The number of hydrogen-bond acceptors (Lipinski definition) is 2. The van der Waals surface area contributed by atoms with Crippen molar-refractivity contribution in [1.29, 1.82) is 0 Å². The Morgan fingerprint density at radius 1 is 1.40 bits per heavy atom. The van der Waals surface area contributed by atoms with Crippen LogP contribution in [0.4, 0.5) is 0 Å². The van der Waals surface area contributed by atoms with Gasteiger partial charge in [0, 0.05) is 5.02 Å². The van der Waals surface area contributed by atoms with E-state index in [1.165, 1.54) is 12.8 Å². The summed E-state index contributed by atoms with van der Waals surface area (Å²) in [4.78, 5) is 0. The molecule has 82 valence electrons. The molecular formula is C12H16ClNO. The Balaban J connectivity index is 2.00. The highest BCUT2D eigenvalue weighted by Crippen LogP contribution is 2.29. The summed E-state index contributed by atoms with van der Waals surface area (Å²) < 4.78 is 0. The third kappa shape index (κ3) is 2.94. The first-order valence-corrected chi connectivity index (χ1v) is 5.77. The van der Waals surface area contributed by atoms with Crippen LogP contribution in [0.3, 0.4) is 0 Å². The van der Waals surface area contributed by atoms with Crippen LogP contribution in [0.2, 0.25) is 5.02 Å². The largest absolute Gasteiger partial charge is 0.394 e. The molecule has 2 N–H and O–H groups in total. The van der Waals surface area contributed by atoms with Gasteiger partial charge >= 0.3 is 0 Å². The summed E-state index contributed by atoms with van der Waals surface area (Å²) in [6, 6.07) is 7.64. The van der Waals surface area contributed by atoms with Crippen LogP contribution in [0.5, 0.6) is 0 Å². The molecule has 0 bridgehead atoms. The molecule has 1 unspecified atom stereocenters. The molecule has 1 saturated carbocycles. The van der Waals surface area contributed by atoms with E-state index in [4.69, 9.17) is 11.6 Å². The van der Waals surface area contributed by atoms with Crippen molar-refractivity contribution in [2.24, 2.45) is 5.92 Å². The Morgan fingerprint density at radius 3 is 2.73 bits per heavy atom. The van der Waals surface area contributed by atoms with Crippen LogP contribution in [-0.2, 0) is 0 Å². The molecule has 1 aromatic rings. The molecule has 0 amide bonds. The maximum absolute atomic E-state index is 9.32. The van der Waals surface area contributed by atoms with E-state index in [-0.39, 0.29) is 12.6 Å². The van der Waals surface area contributed by atoms with Gasteiger partial charge in [-0.2, -0.15) is 0 Å². The molecule has 0 radical (unpaired) electrons. The first-order chi connectivity index (χ1) is 7.31. The highest BCUT2D eigenvalue weighted by Gasteiger charge is 2.22. The fourth-order valence-corrected chi connectivity index (χ4v) is 1.93. The van der Waals surface area contributed by atoms with Gasteiger partial charge in [0.15, 0.2) is 0 Å². The number of aliphatic hydroxyl groups is 1. The van der Waals surface area contributed by atoms with Crippen LogP contribution in [0, 0.1) is 5.92 Å². The van der Waals surface area contributed by atoms with Crippen molar-refractivity contribution >= 4 is 11.6 Å². The van der Waals surface area contributed by atoms with Gasteiger partial charge in [-0.3, -0.25) is 0 Å². The van der Waals surface area contributed by atoms with Crippen LogP contribution in [0.25, 0.3) is 0 Å². The summed E-state index contributed by atoms with van der Waals surface area (Å²) >= 11 is 6.08. The predicted molar refractivity (Wildman–Crippen MR) is 62.0 cm³/mol. The number of benzene rings is 1. The smallest absolute Gasteiger partial charge is 0.0627 e. The van der Waals surface area contributed by atoms with Crippen molar-refractivity contribution in [2.75, 3.05) is 13.2 Å². The number of rotatable bonds is 5. The van der Waals surface area contributed by atoms with Gasteiger partial charge in [-0.1, -0.05) is 29.8 Å². The van der Waals surface area contributed by atoms with E-state index in [9.17, 15) is 5.11 Å². The summed E-state index contributed by atoms with van der Waals surface area (Å²) in [6.07, 6.45) is 2.63. The molecule has 1 fully saturated rings. The molecule has 3 heteroatoms. The Hall–Kier alpha value is -0.570. The zero-order chi connectivity index (χ0) is 10.7. The molecule has 2 nitrogen and oxygen atoms in total. The molecule has 15 heavy (non-hydrogen) atoms. The summed E-state index contributed by atoms with van der Waals surface area (Å²) in [5.41, 5.74) is 0.988. The van der Waals surface area contributed by atoms with Crippen LogP contribution < -0.4 is 5.32 Å². The Labute approximate surface area is 95.3 Å².